The van der Waals surface area contributed by atoms with Gasteiger partial charge in [-0.3, -0.25) is 0 Å². The molecule has 19 heavy (non-hydrogen) atoms. The lowest BCUT2D eigenvalue weighted by Crippen LogP contribution is -2.48. The van der Waals surface area contributed by atoms with Gasteiger partial charge in [0.15, 0.2) is 0 Å². The van der Waals surface area contributed by atoms with Gasteiger partial charge in [0.05, 0.1) is 7.11 Å². The summed E-state index contributed by atoms with van der Waals surface area (Å²) in [7, 11) is 1.71. The van der Waals surface area contributed by atoms with Crippen LogP contribution in [0.3, 0.4) is 0 Å². The van der Waals surface area contributed by atoms with Crippen molar-refractivity contribution in [2.75, 3.05) is 31.6 Å². The minimum atomic E-state index is 0.675. The van der Waals surface area contributed by atoms with Crippen molar-refractivity contribution in [3.8, 4) is 5.75 Å². The van der Waals surface area contributed by atoms with Gasteiger partial charge in [-0.25, -0.2) is 0 Å². The highest BCUT2D eigenvalue weighted by atomic mass is 16.5. The topological polar surface area (TPSA) is 24.5 Å². The Bertz CT molecular complexity index is 377. The molecule has 0 aromatic heterocycles. The number of rotatable bonds is 5. The van der Waals surface area contributed by atoms with Crippen molar-refractivity contribution in [1.29, 1.82) is 0 Å². The maximum atomic E-state index is 5.21. The number of ether oxygens (including phenoxy) is 1. The van der Waals surface area contributed by atoms with Gasteiger partial charge in [0.2, 0.25) is 0 Å². The summed E-state index contributed by atoms with van der Waals surface area (Å²) in [5.74, 6) is 1.62. The van der Waals surface area contributed by atoms with Gasteiger partial charge in [0.1, 0.15) is 5.75 Å². The molecule has 106 valence electrons. The van der Waals surface area contributed by atoms with Crippen LogP contribution in [0.15, 0.2) is 24.3 Å². The summed E-state index contributed by atoms with van der Waals surface area (Å²) >= 11 is 0. The van der Waals surface area contributed by atoms with E-state index in [-0.39, 0.29) is 0 Å². The van der Waals surface area contributed by atoms with Gasteiger partial charge in [-0.2, -0.15) is 0 Å². The van der Waals surface area contributed by atoms with Crippen LogP contribution in [0.4, 0.5) is 5.69 Å². The smallest absolute Gasteiger partial charge is 0.119 e. The molecule has 3 heteroatoms. The zero-order valence-electron chi connectivity index (χ0n) is 12.4. The highest BCUT2D eigenvalue weighted by Gasteiger charge is 2.25. The number of benzene rings is 1. The lowest BCUT2D eigenvalue weighted by molar-refractivity contribution is 0.322. The molecule has 0 radical (unpaired) electrons. The van der Waals surface area contributed by atoms with E-state index < -0.39 is 0 Å². The molecular formula is C16H26N2O. The Morgan fingerprint density at radius 1 is 1.32 bits per heavy atom. The number of methoxy groups -OCH3 is 1. The van der Waals surface area contributed by atoms with Crippen molar-refractivity contribution in [3.05, 3.63) is 24.3 Å². The van der Waals surface area contributed by atoms with E-state index in [4.69, 9.17) is 4.74 Å². The summed E-state index contributed by atoms with van der Waals surface area (Å²) in [6.07, 6.45) is 2.44. The molecule has 2 atom stereocenters. The predicted molar refractivity (Wildman–Crippen MR) is 81.1 cm³/mol. The normalized spacial score (nSPS) is 23.4. The molecule has 1 aliphatic rings. The van der Waals surface area contributed by atoms with Crippen LogP contribution in [0.25, 0.3) is 0 Å². The van der Waals surface area contributed by atoms with Crippen LogP contribution in [0, 0.1) is 5.92 Å². The van der Waals surface area contributed by atoms with E-state index in [2.05, 4.69) is 36.2 Å². The van der Waals surface area contributed by atoms with E-state index in [0.29, 0.717) is 12.0 Å². The van der Waals surface area contributed by atoms with E-state index >= 15 is 0 Å². The minimum absolute atomic E-state index is 0.675. The Morgan fingerprint density at radius 2 is 2.05 bits per heavy atom. The van der Waals surface area contributed by atoms with Crippen molar-refractivity contribution in [2.45, 2.75) is 32.7 Å². The van der Waals surface area contributed by atoms with Crippen LogP contribution < -0.4 is 15.0 Å². The fraction of sp³-hybridized carbons (Fsp3) is 0.625. The first-order chi connectivity index (χ1) is 9.24. The molecule has 1 aromatic rings. The zero-order chi connectivity index (χ0) is 13.7. The first-order valence-electron chi connectivity index (χ1n) is 7.37. The minimum Gasteiger partial charge on any atom is -0.497 e. The quantitative estimate of drug-likeness (QED) is 0.883. The van der Waals surface area contributed by atoms with Gasteiger partial charge >= 0.3 is 0 Å². The molecule has 2 rings (SSSR count). The highest BCUT2D eigenvalue weighted by molar-refractivity contribution is 5.49. The van der Waals surface area contributed by atoms with Crippen molar-refractivity contribution in [3.63, 3.8) is 0 Å². The fourth-order valence-corrected chi connectivity index (χ4v) is 2.81. The van der Waals surface area contributed by atoms with Crippen LogP contribution in [0.5, 0.6) is 5.75 Å². The Labute approximate surface area is 116 Å². The van der Waals surface area contributed by atoms with Crippen molar-refractivity contribution >= 4 is 5.69 Å². The SMILES string of the molecule is CCCNC1CCN(c2ccc(OC)cc2)CC1C. The van der Waals surface area contributed by atoms with Gasteiger partial charge in [0.25, 0.3) is 0 Å². The second-order valence-electron chi connectivity index (χ2n) is 5.47. The van der Waals surface area contributed by atoms with E-state index in [1.165, 1.54) is 18.5 Å². The van der Waals surface area contributed by atoms with E-state index in [1.807, 2.05) is 12.1 Å². The maximum absolute atomic E-state index is 5.21. The molecule has 1 heterocycles. The molecule has 1 saturated heterocycles. The molecule has 1 fully saturated rings. The molecule has 2 unspecified atom stereocenters. The summed E-state index contributed by atoms with van der Waals surface area (Å²) in [6, 6.07) is 9.08. The molecule has 0 spiro atoms. The number of nitrogens with one attached hydrogen (secondary N) is 1. The van der Waals surface area contributed by atoms with Gasteiger partial charge in [-0.1, -0.05) is 13.8 Å². The average molecular weight is 262 g/mol. The summed E-state index contributed by atoms with van der Waals surface area (Å²) < 4.78 is 5.21. The molecule has 0 bridgehead atoms. The van der Waals surface area contributed by atoms with Gasteiger partial charge in [0, 0.05) is 24.8 Å². The number of hydrogen-bond donors (Lipinski definition) is 1. The monoisotopic (exact) mass is 262 g/mol. The third kappa shape index (κ3) is 3.63. The molecule has 0 saturated carbocycles. The first kappa shape index (κ1) is 14.2. The van der Waals surface area contributed by atoms with E-state index in [1.54, 1.807) is 7.11 Å². The third-order valence-electron chi connectivity index (χ3n) is 4.00. The summed E-state index contributed by atoms with van der Waals surface area (Å²) in [4.78, 5) is 2.48. The maximum Gasteiger partial charge on any atom is 0.119 e. The first-order valence-corrected chi connectivity index (χ1v) is 7.37. The van der Waals surface area contributed by atoms with Crippen molar-refractivity contribution < 1.29 is 4.74 Å². The van der Waals surface area contributed by atoms with Crippen molar-refractivity contribution in [2.24, 2.45) is 5.92 Å². The third-order valence-corrected chi connectivity index (χ3v) is 4.00. The van der Waals surface area contributed by atoms with Crippen molar-refractivity contribution in [1.82, 2.24) is 5.32 Å². The Hall–Kier alpha value is -1.22. The number of piperidine rings is 1. The summed E-state index contributed by atoms with van der Waals surface area (Å²) in [6.45, 7) is 7.98. The van der Waals surface area contributed by atoms with Crippen LogP contribution in [0.2, 0.25) is 0 Å². The molecule has 3 nitrogen and oxygen atoms in total. The second kappa shape index (κ2) is 6.80. The summed E-state index contributed by atoms with van der Waals surface area (Å²) in [5.41, 5.74) is 1.31. The van der Waals surface area contributed by atoms with Gasteiger partial charge < -0.3 is 15.0 Å². The van der Waals surface area contributed by atoms with E-state index in [0.717, 1.165) is 25.4 Å². The van der Waals surface area contributed by atoms with Crippen LogP contribution >= 0.6 is 0 Å². The highest BCUT2D eigenvalue weighted by Crippen LogP contribution is 2.25. The second-order valence-corrected chi connectivity index (χ2v) is 5.47. The molecule has 0 aliphatic carbocycles. The van der Waals surface area contributed by atoms with Crippen LogP contribution in [-0.2, 0) is 0 Å². The Morgan fingerprint density at radius 3 is 2.63 bits per heavy atom. The zero-order valence-corrected chi connectivity index (χ0v) is 12.4. The van der Waals surface area contributed by atoms with E-state index in [9.17, 15) is 0 Å². The molecule has 1 aliphatic heterocycles. The standard InChI is InChI=1S/C16H26N2O/c1-4-10-17-16-9-11-18(12-13(16)2)14-5-7-15(19-3)8-6-14/h5-8,13,16-17H,4,9-12H2,1-3H3. The Balaban J connectivity index is 1.93. The largest absolute Gasteiger partial charge is 0.497 e. The average Bonchev–Trinajstić information content (AvgIpc) is 2.46. The molecule has 1 N–H and O–H groups in total. The lowest BCUT2D eigenvalue weighted by atomic mass is 9.93. The fourth-order valence-electron chi connectivity index (χ4n) is 2.81. The molecular weight excluding hydrogens is 236 g/mol. The van der Waals surface area contributed by atoms with Gasteiger partial charge in [-0.05, 0) is 49.6 Å². The van der Waals surface area contributed by atoms with Gasteiger partial charge in [-0.15, -0.1) is 0 Å². The molecule has 0 amide bonds. The predicted octanol–water partition coefficient (Wildman–Crippen LogP) is 2.91. The number of anilines is 1. The summed E-state index contributed by atoms with van der Waals surface area (Å²) in [5, 5.41) is 3.66. The van der Waals surface area contributed by atoms with Crippen LogP contribution in [0.1, 0.15) is 26.7 Å². The van der Waals surface area contributed by atoms with Crippen LogP contribution in [-0.4, -0.2) is 32.8 Å². The number of nitrogens with zero attached hydrogens (tertiary/aromatic N) is 1. The molecule has 1 aromatic carbocycles. The lowest BCUT2D eigenvalue weighted by Gasteiger charge is -2.38. The Kier molecular flexibility index (Phi) is 5.08. The number of hydrogen-bond acceptors (Lipinski definition) is 3.